The fraction of sp³-hybridized carbons (Fsp3) is 0.364. The molecule has 0 radical (unpaired) electrons. The summed E-state index contributed by atoms with van der Waals surface area (Å²) in [4.78, 5) is 2.31. The Balaban J connectivity index is 2.07. The average molecular weight is 251 g/mol. The smallest absolute Gasteiger partial charge is 0.0635 e. The van der Waals surface area contributed by atoms with Crippen molar-refractivity contribution in [1.82, 2.24) is 4.90 Å². The van der Waals surface area contributed by atoms with Crippen LogP contribution in [0.5, 0.6) is 0 Å². The molecule has 0 amide bonds. The van der Waals surface area contributed by atoms with E-state index >= 15 is 0 Å². The summed E-state index contributed by atoms with van der Waals surface area (Å²) in [6.07, 6.45) is 0.620. The van der Waals surface area contributed by atoms with Crippen LogP contribution in [0.2, 0.25) is 0 Å². The van der Waals surface area contributed by atoms with Crippen molar-refractivity contribution in [2.75, 3.05) is 6.54 Å². The Morgan fingerprint density at radius 1 is 1.36 bits per heavy atom. The summed E-state index contributed by atoms with van der Waals surface area (Å²) in [5, 5.41) is 8.50. The molecule has 2 rings (SSSR count). The molecule has 0 aliphatic carbocycles. The van der Waals surface area contributed by atoms with Crippen molar-refractivity contribution in [1.29, 1.82) is 5.26 Å². The Kier molecular flexibility index (Phi) is 2.85. The highest BCUT2D eigenvalue weighted by molar-refractivity contribution is 9.10. The first-order chi connectivity index (χ1) is 6.79. The first-order valence-corrected chi connectivity index (χ1v) is 5.45. The molecule has 14 heavy (non-hydrogen) atoms. The Labute approximate surface area is 92.3 Å². The summed E-state index contributed by atoms with van der Waals surface area (Å²) in [6, 6.07) is 8.58. The minimum atomic E-state index is 0.620. The molecule has 0 unspecified atom stereocenters. The summed E-state index contributed by atoms with van der Waals surface area (Å²) >= 11 is 3.47. The van der Waals surface area contributed by atoms with Crippen LogP contribution >= 0.6 is 15.9 Å². The molecule has 2 nitrogen and oxygen atoms in total. The molecule has 0 fully saturated rings. The predicted molar refractivity (Wildman–Crippen MR) is 58.5 cm³/mol. The third-order valence-electron chi connectivity index (χ3n) is 2.50. The molecule has 0 N–H and O–H groups in total. The van der Waals surface area contributed by atoms with Crippen molar-refractivity contribution in [2.45, 2.75) is 19.5 Å². The first-order valence-electron chi connectivity index (χ1n) is 4.66. The van der Waals surface area contributed by atoms with Gasteiger partial charge in [-0.05, 0) is 23.3 Å². The van der Waals surface area contributed by atoms with Gasteiger partial charge in [0.05, 0.1) is 6.07 Å². The molecule has 0 spiro atoms. The topological polar surface area (TPSA) is 27.0 Å². The van der Waals surface area contributed by atoms with E-state index in [1.165, 1.54) is 11.1 Å². The van der Waals surface area contributed by atoms with Crippen molar-refractivity contribution < 1.29 is 0 Å². The predicted octanol–water partition coefficient (Wildman–Crippen LogP) is 2.68. The van der Waals surface area contributed by atoms with Gasteiger partial charge in [-0.25, -0.2) is 0 Å². The van der Waals surface area contributed by atoms with Crippen LogP contribution in [0.4, 0.5) is 0 Å². The van der Waals surface area contributed by atoms with Gasteiger partial charge in [0.2, 0.25) is 0 Å². The van der Waals surface area contributed by atoms with Crippen LogP contribution in [0.3, 0.4) is 0 Å². The maximum absolute atomic E-state index is 8.50. The van der Waals surface area contributed by atoms with Gasteiger partial charge in [0.1, 0.15) is 0 Å². The monoisotopic (exact) mass is 250 g/mol. The number of hydrogen-bond acceptors (Lipinski definition) is 2. The lowest BCUT2D eigenvalue weighted by molar-refractivity contribution is 0.291. The third kappa shape index (κ3) is 1.97. The maximum Gasteiger partial charge on any atom is 0.0635 e. The Morgan fingerprint density at radius 2 is 2.14 bits per heavy atom. The van der Waals surface area contributed by atoms with Crippen LogP contribution in [0.1, 0.15) is 17.5 Å². The van der Waals surface area contributed by atoms with Crippen molar-refractivity contribution in [3.63, 3.8) is 0 Å². The van der Waals surface area contributed by atoms with Crippen molar-refractivity contribution in [2.24, 2.45) is 0 Å². The highest BCUT2D eigenvalue weighted by Gasteiger charge is 2.17. The van der Waals surface area contributed by atoms with E-state index in [0.29, 0.717) is 6.42 Å². The molecule has 1 aliphatic heterocycles. The second-order valence-electron chi connectivity index (χ2n) is 3.53. The fourth-order valence-electron chi connectivity index (χ4n) is 1.80. The van der Waals surface area contributed by atoms with Crippen molar-refractivity contribution in [3.05, 3.63) is 33.8 Å². The number of benzene rings is 1. The number of rotatable bonds is 2. The van der Waals surface area contributed by atoms with E-state index in [0.717, 1.165) is 24.1 Å². The standard InChI is InChI=1S/C11H11BrN2/c12-11-3-2-9-7-14(5-1-4-13)8-10(9)6-11/h2-3,6H,1,5,7-8H2. The number of hydrogen-bond donors (Lipinski definition) is 0. The van der Waals surface area contributed by atoms with E-state index in [1.807, 2.05) is 0 Å². The van der Waals surface area contributed by atoms with Crippen LogP contribution in [0.25, 0.3) is 0 Å². The highest BCUT2D eigenvalue weighted by Crippen LogP contribution is 2.25. The molecule has 1 heterocycles. The van der Waals surface area contributed by atoms with Gasteiger partial charge in [-0.1, -0.05) is 22.0 Å². The molecule has 3 heteroatoms. The average Bonchev–Trinajstić information content (AvgIpc) is 2.56. The third-order valence-corrected chi connectivity index (χ3v) is 2.99. The molecule has 0 bridgehead atoms. The lowest BCUT2D eigenvalue weighted by atomic mass is 10.1. The minimum Gasteiger partial charge on any atom is -0.294 e. The lowest BCUT2D eigenvalue weighted by Crippen LogP contribution is -2.16. The van der Waals surface area contributed by atoms with Gasteiger partial charge in [-0.15, -0.1) is 0 Å². The van der Waals surface area contributed by atoms with Crippen molar-refractivity contribution in [3.8, 4) is 6.07 Å². The second-order valence-corrected chi connectivity index (χ2v) is 4.45. The normalized spacial score (nSPS) is 15.1. The Bertz CT molecular complexity index is 381. The number of halogens is 1. The Morgan fingerprint density at radius 3 is 2.93 bits per heavy atom. The summed E-state index contributed by atoms with van der Waals surface area (Å²) < 4.78 is 1.14. The molecule has 1 aromatic rings. The fourth-order valence-corrected chi connectivity index (χ4v) is 2.21. The summed E-state index contributed by atoms with van der Waals surface area (Å²) in [6.45, 7) is 2.85. The molecule has 0 saturated heterocycles. The summed E-state index contributed by atoms with van der Waals surface area (Å²) in [5.41, 5.74) is 2.78. The molecule has 72 valence electrons. The molecule has 0 saturated carbocycles. The van der Waals surface area contributed by atoms with E-state index in [1.54, 1.807) is 0 Å². The van der Waals surface area contributed by atoms with E-state index in [2.05, 4.69) is 45.1 Å². The van der Waals surface area contributed by atoms with Crippen LogP contribution in [0.15, 0.2) is 22.7 Å². The summed E-state index contributed by atoms with van der Waals surface area (Å²) in [7, 11) is 0. The Hall–Kier alpha value is -0.850. The molecule has 1 aromatic carbocycles. The number of fused-ring (bicyclic) bond motifs is 1. The number of nitrogens with zero attached hydrogens (tertiary/aromatic N) is 2. The number of nitriles is 1. The van der Waals surface area contributed by atoms with Gasteiger partial charge in [-0.2, -0.15) is 5.26 Å². The van der Waals surface area contributed by atoms with E-state index < -0.39 is 0 Å². The zero-order valence-corrected chi connectivity index (χ0v) is 9.42. The van der Waals surface area contributed by atoms with Gasteiger partial charge in [0, 0.05) is 30.5 Å². The molecule has 0 atom stereocenters. The van der Waals surface area contributed by atoms with E-state index in [9.17, 15) is 0 Å². The largest absolute Gasteiger partial charge is 0.294 e. The van der Waals surface area contributed by atoms with Gasteiger partial charge < -0.3 is 0 Å². The molecular weight excluding hydrogens is 240 g/mol. The SMILES string of the molecule is N#CCCN1Cc2ccc(Br)cc2C1. The molecule has 0 aromatic heterocycles. The van der Waals surface area contributed by atoms with Crippen LogP contribution < -0.4 is 0 Å². The van der Waals surface area contributed by atoms with Gasteiger partial charge in [0.25, 0.3) is 0 Å². The van der Waals surface area contributed by atoms with Crippen LogP contribution in [-0.2, 0) is 13.1 Å². The van der Waals surface area contributed by atoms with Gasteiger partial charge in [-0.3, -0.25) is 4.90 Å². The first kappa shape index (κ1) is 9.70. The van der Waals surface area contributed by atoms with E-state index in [-0.39, 0.29) is 0 Å². The van der Waals surface area contributed by atoms with Crippen molar-refractivity contribution >= 4 is 15.9 Å². The zero-order valence-electron chi connectivity index (χ0n) is 7.83. The lowest BCUT2D eigenvalue weighted by Gasteiger charge is -2.11. The second kappa shape index (κ2) is 4.12. The van der Waals surface area contributed by atoms with Gasteiger partial charge in [0.15, 0.2) is 0 Å². The zero-order chi connectivity index (χ0) is 9.97. The van der Waals surface area contributed by atoms with E-state index in [4.69, 9.17) is 5.26 Å². The highest BCUT2D eigenvalue weighted by atomic mass is 79.9. The molecular formula is C11H11BrN2. The van der Waals surface area contributed by atoms with Gasteiger partial charge >= 0.3 is 0 Å². The maximum atomic E-state index is 8.50. The summed E-state index contributed by atoms with van der Waals surface area (Å²) in [5.74, 6) is 0. The van der Waals surface area contributed by atoms with Crippen LogP contribution in [-0.4, -0.2) is 11.4 Å². The minimum absolute atomic E-state index is 0.620. The quantitative estimate of drug-likeness (QED) is 0.807. The van der Waals surface area contributed by atoms with Crippen LogP contribution in [0, 0.1) is 11.3 Å². The molecule has 1 aliphatic rings.